The van der Waals surface area contributed by atoms with Crippen LogP contribution in [0.4, 0.5) is 0 Å². The Morgan fingerprint density at radius 2 is 1.13 bits per heavy atom. The van der Waals surface area contributed by atoms with Crippen molar-refractivity contribution in [3.63, 3.8) is 0 Å². The summed E-state index contributed by atoms with van der Waals surface area (Å²) in [5, 5.41) is 52.1. The maximum Gasteiger partial charge on any atom is 3.00 e. The van der Waals surface area contributed by atoms with E-state index in [4.69, 9.17) is 0 Å². The van der Waals surface area contributed by atoms with Gasteiger partial charge in [-0.15, -0.1) is 11.5 Å². The summed E-state index contributed by atoms with van der Waals surface area (Å²) < 4.78 is 0. The van der Waals surface area contributed by atoms with Crippen molar-refractivity contribution in [3.05, 3.63) is 58.7 Å². The SMILES string of the molecule is Cc1ccc(C(NCCNC(C(=O)[O-])c2ccc(C)cc2[O-])C(=O)[O-])c([O-])c1.[Fe+3].[K+]. The third-order valence-corrected chi connectivity index (χ3v) is 4.25. The van der Waals surface area contributed by atoms with Crippen LogP contribution in [0.15, 0.2) is 36.4 Å². The largest absolute Gasteiger partial charge is 3.00 e. The van der Waals surface area contributed by atoms with E-state index in [1.807, 2.05) is 0 Å². The minimum absolute atomic E-state index is 0. The summed E-state index contributed by atoms with van der Waals surface area (Å²) in [4.78, 5) is 22.8. The van der Waals surface area contributed by atoms with Crippen LogP contribution in [0.2, 0.25) is 0 Å². The van der Waals surface area contributed by atoms with Crippen molar-refractivity contribution >= 4 is 11.9 Å². The average Bonchev–Trinajstić information content (AvgIpc) is 2.59. The fourth-order valence-electron chi connectivity index (χ4n) is 2.83. The second-order valence-corrected chi connectivity index (χ2v) is 6.49. The average molecular weight is 479 g/mol. The van der Waals surface area contributed by atoms with E-state index in [0.29, 0.717) is 11.1 Å². The van der Waals surface area contributed by atoms with Crippen LogP contribution in [0, 0.1) is 13.8 Å². The summed E-state index contributed by atoms with van der Waals surface area (Å²) in [5.41, 5.74) is 1.47. The summed E-state index contributed by atoms with van der Waals surface area (Å²) in [6.07, 6.45) is 0. The summed E-state index contributed by atoms with van der Waals surface area (Å²) >= 11 is 0. The van der Waals surface area contributed by atoms with E-state index < -0.39 is 35.5 Å². The normalized spacial score (nSPS) is 12.2. The molecule has 0 bridgehead atoms. The summed E-state index contributed by atoms with van der Waals surface area (Å²) in [5.74, 6) is -3.81. The van der Waals surface area contributed by atoms with Gasteiger partial charge in [0, 0.05) is 13.1 Å². The molecule has 10 heteroatoms. The number of carbonyl (C=O) groups is 2. The van der Waals surface area contributed by atoms with Crippen LogP contribution >= 0.6 is 0 Å². The van der Waals surface area contributed by atoms with Crippen LogP contribution in [0.5, 0.6) is 11.5 Å². The molecule has 0 aliphatic rings. The van der Waals surface area contributed by atoms with Gasteiger partial charge in [-0.3, -0.25) is 0 Å². The zero-order valence-corrected chi connectivity index (χ0v) is 21.1. The number of carbonyl (C=O) groups excluding carboxylic acids is 2. The molecular formula is C20H20FeKN2O6. The summed E-state index contributed by atoms with van der Waals surface area (Å²) in [6.45, 7) is 3.45. The van der Waals surface area contributed by atoms with Crippen LogP contribution in [-0.4, -0.2) is 25.0 Å². The van der Waals surface area contributed by atoms with E-state index in [1.165, 1.54) is 24.3 Å². The zero-order valence-electron chi connectivity index (χ0n) is 16.8. The molecule has 2 N–H and O–H groups in total. The third-order valence-electron chi connectivity index (χ3n) is 4.25. The van der Waals surface area contributed by atoms with Crippen molar-refractivity contribution in [2.24, 2.45) is 0 Å². The molecule has 2 rings (SSSR count). The molecule has 155 valence electrons. The van der Waals surface area contributed by atoms with Crippen LogP contribution in [0.25, 0.3) is 0 Å². The topological polar surface area (TPSA) is 150 Å². The molecule has 0 saturated carbocycles. The van der Waals surface area contributed by atoms with E-state index >= 15 is 0 Å². The Bertz CT molecular complexity index is 809. The maximum atomic E-state index is 12.0. The van der Waals surface area contributed by atoms with Crippen LogP contribution in [0.1, 0.15) is 34.3 Å². The van der Waals surface area contributed by atoms with Crippen molar-refractivity contribution in [3.8, 4) is 11.5 Å². The molecule has 0 aliphatic heterocycles. The first-order chi connectivity index (χ1) is 13.2. The van der Waals surface area contributed by atoms with Gasteiger partial charge in [0.25, 0.3) is 0 Å². The summed E-state index contributed by atoms with van der Waals surface area (Å²) in [6, 6.07) is 6.03. The molecule has 2 aromatic carbocycles. The van der Waals surface area contributed by atoms with Gasteiger partial charge in [-0.25, -0.2) is 0 Å². The van der Waals surface area contributed by atoms with Crippen LogP contribution < -0.4 is 82.4 Å². The quantitative estimate of drug-likeness (QED) is 0.268. The molecule has 0 fully saturated rings. The smallest absolute Gasteiger partial charge is 0.872 e. The molecule has 1 radical (unpaired) electrons. The van der Waals surface area contributed by atoms with Gasteiger partial charge in [0.15, 0.2) is 0 Å². The van der Waals surface area contributed by atoms with E-state index in [9.17, 15) is 30.0 Å². The number of aryl methyl sites for hydroxylation is 2. The molecule has 0 heterocycles. The first kappa shape index (κ1) is 29.1. The zero-order chi connectivity index (χ0) is 20.8. The molecule has 0 saturated heterocycles. The van der Waals surface area contributed by atoms with Crippen molar-refractivity contribution < 1.29 is 98.5 Å². The monoisotopic (exact) mass is 479 g/mol. The Morgan fingerprint density at radius 1 is 0.800 bits per heavy atom. The number of hydrogen-bond donors (Lipinski definition) is 2. The van der Waals surface area contributed by atoms with Crippen molar-refractivity contribution in [1.29, 1.82) is 0 Å². The molecule has 0 aliphatic carbocycles. The molecule has 0 amide bonds. The molecule has 2 unspecified atom stereocenters. The number of carboxylic acids is 2. The molecule has 0 spiro atoms. The van der Waals surface area contributed by atoms with Gasteiger partial charge in [-0.2, -0.15) is 0 Å². The van der Waals surface area contributed by atoms with E-state index in [0.717, 1.165) is 0 Å². The molecule has 2 atom stereocenters. The van der Waals surface area contributed by atoms with Crippen molar-refractivity contribution in [2.75, 3.05) is 13.1 Å². The van der Waals surface area contributed by atoms with Crippen LogP contribution in [0.3, 0.4) is 0 Å². The standard InChI is InChI=1S/C20H24N2O6.Fe.K/c1-11-3-5-13(15(23)9-11)17(19(25)26)21-7-8-22-18(20(27)28)14-6-4-12(2)10-16(14)24;;/h3-6,9-10,17-18,21-24H,7-8H2,1-2H3,(H,25,26)(H,27,28);;/q;+3;+1/p-4. The van der Waals surface area contributed by atoms with Gasteiger partial charge >= 0.3 is 68.5 Å². The minimum atomic E-state index is -1.47. The van der Waals surface area contributed by atoms with Gasteiger partial charge in [0.1, 0.15) is 0 Å². The van der Waals surface area contributed by atoms with Crippen molar-refractivity contribution in [1.82, 2.24) is 10.6 Å². The first-order valence-corrected chi connectivity index (χ1v) is 8.64. The second kappa shape index (κ2) is 13.5. The predicted molar refractivity (Wildman–Crippen MR) is 92.8 cm³/mol. The van der Waals surface area contributed by atoms with Gasteiger partial charge in [-0.1, -0.05) is 47.5 Å². The Kier molecular flexibility index (Phi) is 13.0. The number of hydrogen-bond acceptors (Lipinski definition) is 8. The molecule has 30 heavy (non-hydrogen) atoms. The Morgan fingerprint density at radius 3 is 1.40 bits per heavy atom. The first-order valence-electron chi connectivity index (χ1n) is 8.64. The Hall–Kier alpha value is -0.944. The van der Waals surface area contributed by atoms with Crippen LogP contribution in [-0.2, 0) is 26.7 Å². The predicted octanol–water partition coefficient (Wildman–Crippen LogP) is -5.09. The fourth-order valence-corrected chi connectivity index (χ4v) is 2.83. The van der Waals surface area contributed by atoms with E-state index in [1.54, 1.807) is 26.0 Å². The van der Waals surface area contributed by atoms with E-state index in [2.05, 4.69) is 10.6 Å². The number of nitrogens with one attached hydrogen (secondary N) is 2. The fraction of sp³-hybridized carbons (Fsp3) is 0.300. The second-order valence-electron chi connectivity index (χ2n) is 6.49. The number of benzene rings is 2. The molecule has 8 nitrogen and oxygen atoms in total. The molecule has 0 aromatic heterocycles. The van der Waals surface area contributed by atoms with Gasteiger partial charge < -0.3 is 40.6 Å². The Balaban J connectivity index is 0.00000420. The number of carboxylic acid groups (broad SMARTS) is 2. The van der Waals surface area contributed by atoms with Crippen molar-refractivity contribution in [2.45, 2.75) is 25.9 Å². The summed E-state index contributed by atoms with van der Waals surface area (Å²) in [7, 11) is 0. The van der Waals surface area contributed by atoms with Gasteiger partial charge in [-0.05, 0) is 25.0 Å². The van der Waals surface area contributed by atoms with Gasteiger partial charge in [0.2, 0.25) is 0 Å². The van der Waals surface area contributed by atoms with Gasteiger partial charge in [0.05, 0.1) is 24.0 Å². The number of aliphatic carboxylic acids is 2. The number of rotatable bonds is 9. The van der Waals surface area contributed by atoms with E-state index in [-0.39, 0.29) is 92.7 Å². The maximum absolute atomic E-state index is 12.0. The third kappa shape index (κ3) is 7.95. The minimum Gasteiger partial charge on any atom is -0.872 e. The molecular weight excluding hydrogens is 459 g/mol. The molecule has 2 aromatic rings. The Labute approximate surface area is 228 Å².